The highest BCUT2D eigenvalue weighted by Crippen LogP contribution is 2.08. The van der Waals surface area contributed by atoms with E-state index in [0.29, 0.717) is 5.01 Å². The Morgan fingerprint density at radius 2 is 1.79 bits per heavy atom. The highest BCUT2D eigenvalue weighted by Gasteiger charge is 2.25. The molecule has 82 valence electrons. The molecule has 0 aromatic rings. The average Bonchev–Trinajstić information content (AvgIpc) is 2.00. The maximum Gasteiger partial charge on any atom is 0.434 e. The number of hydrogen-bond acceptors (Lipinski definition) is 5. The van der Waals surface area contributed by atoms with Crippen molar-refractivity contribution >= 4 is 12.2 Å². The van der Waals surface area contributed by atoms with Crippen molar-refractivity contribution in [3.8, 4) is 0 Å². The molecule has 0 unspecified atom stereocenters. The van der Waals surface area contributed by atoms with Crippen LogP contribution in [0.1, 0.15) is 27.7 Å². The second kappa shape index (κ2) is 4.80. The average molecular weight is 204 g/mol. The maximum atomic E-state index is 11.2. The molecule has 6 heteroatoms. The molecule has 0 atom stereocenters. The third-order valence-electron chi connectivity index (χ3n) is 1.05. The van der Waals surface area contributed by atoms with Gasteiger partial charge in [0.2, 0.25) is 0 Å². The van der Waals surface area contributed by atoms with Gasteiger partial charge in [0.1, 0.15) is 5.60 Å². The summed E-state index contributed by atoms with van der Waals surface area (Å²) in [5, 5.41) is 0.300. The Morgan fingerprint density at radius 3 is 2.14 bits per heavy atom. The summed E-state index contributed by atoms with van der Waals surface area (Å²) in [6.45, 7) is 6.77. The van der Waals surface area contributed by atoms with E-state index in [1.54, 1.807) is 27.7 Å². The van der Waals surface area contributed by atoms with Crippen LogP contribution < -0.4 is 5.84 Å². The molecule has 2 N–H and O–H groups in total. The van der Waals surface area contributed by atoms with Gasteiger partial charge in [-0.05, 0) is 27.7 Å². The van der Waals surface area contributed by atoms with Crippen LogP contribution in [0, 0.1) is 0 Å². The van der Waals surface area contributed by atoms with Gasteiger partial charge < -0.3 is 9.47 Å². The summed E-state index contributed by atoms with van der Waals surface area (Å²) in [6, 6.07) is 0. The van der Waals surface area contributed by atoms with Crippen LogP contribution in [0.4, 0.5) is 9.59 Å². The van der Waals surface area contributed by atoms with E-state index in [2.05, 4.69) is 4.74 Å². The number of imide groups is 1. The minimum Gasteiger partial charge on any atom is -0.448 e. The number of rotatable bonds is 1. The van der Waals surface area contributed by atoms with E-state index in [1.165, 1.54) is 0 Å². The Bertz CT molecular complexity index is 222. The summed E-state index contributed by atoms with van der Waals surface area (Å²) < 4.78 is 9.33. The van der Waals surface area contributed by atoms with Gasteiger partial charge in [0.15, 0.2) is 0 Å². The fourth-order valence-corrected chi connectivity index (χ4v) is 0.579. The van der Waals surface area contributed by atoms with E-state index in [1.807, 2.05) is 0 Å². The molecular weight excluding hydrogens is 188 g/mol. The zero-order valence-corrected chi connectivity index (χ0v) is 8.86. The van der Waals surface area contributed by atoms with Crippen LogP contribution in [-0.2, 0) is 9.47 Å². The first-order chi connectivity index (χ1) is 6.28. The number of carbonyl (C=O) groups excluding carboxylic acids is 2. The fraction of sp³-hybridized carbons (Fsp3) is 0.750. The van der Waals surface area contributed by atoms with Crippen LogP contribution >= 0.6 is 0 Å². The van der Waals surface area contributed by atoms with Gasteiger partial charge in [-0.15, -0.1) is 5.01 Å². The van der Waals surface area contributed by atoms with Gasteiger partial charge in [0, 0.05) is 0 Å². The molecule has 2 amide bonds. The van der Waals surface area contributed by atoms with Crippen molar-refractivity contribution in [2.75, 3.05) is 6.61 Å². The molecule has 0 fully saturated rings. The van der Waals surface area contributed by atoms with Crippen molar-refractivity contribution in [3.63, 3.8) is 0 Å². The summed E-state index contributed by atoms with van der Waals surface area (Å²) >= 11 is 0. The first-order valence-electron chi connectivity index (χ1n) is 4.22. The van der Waals surface area contributed by atoms with Gasteiger partial charge in [-0.25, -0.2) is 15.4 Å². The standard InChI is InChI=1S/C8H16N2O4/c1-5-13-6(11)10(9)7(12)14-8(2,3)4/h5,9H2,1-4H3. The van der Waals surface area contributed by atoms with E-state index in [0.717, 1.165) is 0 Å². The zero-order valence-electron chi connectivity index (χ0n) is 8.86. The predicted molar refractivity (Wildman–Crippen MR) is 49.3 cm³/mol. The van der Waals surface area contributed by atoms with E-state index in [4.69, 9.17) is 10.6 Å². The zero-order chi connectivity index (χ0) is 11.4. The van der Waals surface area contributed by atoms with Crippen molar-refractivity contribution < 1.29 is 19.1 Å². The van der Waals surface area contributed by atoms with E-state index in [-0.39, 0.29) is 6.61 Å². The molecule has 14 heavy (non-hydrogen) atoms. The van der Waals surface area contributed by atoms with E-state index < -0.39 is 17.8 Å². The predicted octanol–water partition coefficient (Wildman–Crippen LogP) is 1.25. The van der Waals surface area contributed by atoms with E-state index in [9.17, 15) is 9.59 Å². The number of nitrogens with zero attached hydrogens (tertiary/aromatic N) is 1. The number of hydrazine groups is 1. The van der Waals surface area contributed by atoms with Crippen LogP contribution in [0.25, 0.3) is 0 Å². The molecule has 0 heterocycles. The third-order valence-corrected chi connectivity index (χ3v) is 1.05. The molecule has 0 spiro atoms. The van der Waals surface area contributed by atoms with Gasteiger partial charge in [-0.1, -0.05) is 0 Å². The lowest BCUT2D eigenvalue weighted by atomic mass is 10.2. The lowest BCUT2D eigenvalue weighted by Crippen LogP contribution is -2.45. The van der Waals surface area contributed by atoms with Crippen LogP contribution in [0.2, 0.25) is 0 Å². The molecule has 0 aliphatic carbocycles. The topological polar surface area (TPSA) is 81.9 Å². The van der Waals surface area contributed by atoms with Crippen molar-refractivity contribution in [2.24, 2.45) is 5.84 Å². The molecule has 0 aliphatic rings. The van der Waals surface area contributed by atoms with E-state index >= 15 is 0 Å². The SMILES string of the molecule is CCOC(=O)N(N)C(=O)OC(C)(C)C. The Morgan fingerprint density at radius 1 is 1.29 bits per heavy atom. The minimum atomic E-state index is -0.934. The van der Waals surface area contributed by atoms with Gasteiger partial charge in [-0.3, -0.25) is 0 Å². The lowest BCUT2D eigenvalue weighted by Gasteiger charge is -2.22. The summed E-state index contributed by atoms with van der Waals surface area (Å²) in [5.41, 5.74) is -0.693. The smallest absolute Gasteiger partial charge is 0.434 e. The summed E-state index contributed by atoms with van der Waals surface area (Å²) in [5.74, 6) is 5.14. The molecule has 0 aliphatic heterocycles. The van der Waals surface area contributed by atoms with Gasteiger partial charge in [0.05, 0.1) is 6.61 Å². The molecule has 0 aromatic heterocycles. The van der Waals surface area contributed by atoms with Crippen LogP contribution in [-0.4, -0.2) is 29.4 Å². The summed E-state index contributed by atoms with van der Waals surface area (Å²) in [4.78, 5) is 22.1. The molecular formula is C8H16N2O4. The van der Waals surface area contributed by atoms with Crippen molar-refractivity contribution in [1.29, 1.82) is 0 Å². The molecule has 0 aromatic carbocycles. The Labute approximate surface area is 82.9 Å². The number of nitrogens with two attached hydrogens (primary N) is 1. The van der Waals surface area contributed by atoms with Crippen molar-refractivity contribution in [1.82, 2.24) is 5.01 Å². The normalized spacial score (nSPS) is 10.6. The fourth-order valence-electron chi connectivity index (χ4n) is 0.579. The summed E-state index contributed by atoms with van der Waals surface area (Å²) in [6.07, 6.45) is -1.86. The number of amides is 2. The highest BCUT2D eigenvalue weighted by atomic mass is 16.6. The van der Waals surface area contributed by atoms with Gasteiger partial charge in [0.25, 0.3) is 0 Å². The number of ether oxygens (including phenoxy) is 2. The Balaban J connectivity index is 4.19. The molecule has 0 saturated heterocycles. The van der Waals surface area contributed by atoms with Crippen LogP contribution in [0.5, 0.6) is 0 Å². The molecule has 0 rings (SSSR count). The Hall–Kier alpha value is -1.30. The van der Waals surface area contributed by atoms with Crippen LogP contribution in [0.3, 0.4) is 0 Å². The summed E-state index contributed by atoms with van der Waals surface area (Å²) in [7, 11) is 0. The Kier molecular flexibility index (Phi) is 4.36. The van der Waals surface area contributed by atoms with Gasteiger partial charge in [-0.2, -0.15) is 0 Å². The number of carbonyl (C=O) groups is 2. The van der Waals surface area contributed by atoms with Crippen LogP contribution in [0.15, 0.2) is 0 Å². The maximum absolute atomic E-state index is 11.2. The quantitative estimate of drug-likeness (QED) is 0.395. The molecule has 0 saturated carbocycles. The molecule has 6 nitrogen and oxygen atoms in total. The number of hydrogen-bond donors (Lipinski definition) is 1. The lowest BCUT2D eigenvalue weighted by molar-refractivity contribution is 0.0224. The first kappa shape index (κ1) is 12.7. The molecule has 0 radical (unpaired) electrons. The second-order valence-electron chi connectivity index (χ2n) is 3.55. The largest absolute Gasteiger partial charge is 0.448 e. The second-order valence-corrected chi connectivity index (χ2v) is 3.55. The molecule has 0 bridgehead atoms. The minimum absolute atomic E-state index is 0.148. The van der Waals surface area contributed by atoms with Crippen molar-refractivity contribution in [2.45, 2.75) is 33.3 Å². The van der Waals surface area contributed by atoms with Gasteiger partial charge >= 0.3 is 12.2 Å². The monoisotopic (exact) mass is 204 g/mol. The first-order valence-corrected chi connectivity index (χ1v) is 4.22. The van der Waals surface area contributed by atoms with Crippen molar-refractivity contribution in [3.05, 3.63) is 0 Å². The highest BCUT2D eigenvalue weighted by molar-refractivity contribution is 5.86. The third kappa shape index (κ3) is 4.66.